The van der Waals surface area contributed by atoms with Crippen LogP contribution < -0.4 is 10.1 Å². The minimum absolute atomic E-state index is 0.217. The van der Waals surface area contributed by atoms with Crippen molar-refractivity contribution in [1.82, 2.24) is 0 Å². The Hall–Kier alpha value is -3.47. The van der Waals surface area contributed by atoms with E-state index in [1.807, 2.05) is 0 Å². The smallest absolute Gasteiger partial charge is 0.477 e. The number of aromatic carboxylic acids is 1. The zero-order chi connectivity index (χ0) is 22.1. The molecule has 1 heterocycles. The quantitative estimate of drug-likeness (QED) is 0.508. The zero-order valence-electron chi connectivity index (χ0n) is 14.6. The summed E-state index contributed by atoms with van der Waals surface area (Å²) in [5.41, 5.74) is -0.754. The molecule has 0 aliphatic carbocycles. The van der Waals surface area contributed by atoms with Gasteiger partial charge in [-0.25, -0.2) is 13.6 Å². The summed E-state index contributed by atoms with van der Waals surface area (Å²) in [5, 5.41) is 11.5. The van der Waals surface area contributed by atoms with Gasteiger partial charge in [-0.05, 0) is 48.0 Å². The molecule has 0 radical (unpaired) electrons. The Kier molecular flexibility index (Phi) is 5.74. The van der Waals surface area contributed by atoms with Crippen LogP contribution in [-0.4, -0.2) is 23.3 Å². The summed E-state index contributed by atoms with van der Waals surface area (Å²) in [7, 11) is 0. The van der Waals surface area contributed by atoms with Gasteiger partial charge in [0.15, 0.2) is 0 Å². The molecule has 3 aromatic rings. The van der Waals surface area contributed by atoms with Crippen molar-refractivity contribution in [3.8, 4) is 16.2 Å². The molecule has 1 aromatic heterocycles. The van der Waals surface area contributed by atoms with Gasteiger partial charge in [-0.15, -0.1) is 24.5 Å². The summed E-state index contributed by atoms with van der Waals surface area (Å²) in [6.45, 7) is 0. The van der Waals surface area contributed by atoms with E-state index < -0.39 is 41.2 Å². The van der Waals surface area contributed by atoms with E-state index in [9.17, 15) is 36.6 Å². The lowest BCUT2D eigenvalue weighted by Gasteiger charge is -2.08. The molecule has 0 aliphatic heterocycles. The Labute approximate surface area is 169 Å². The first-order valence-corrected chi connectivity index (χ1v) is 8.85. The molecule has 30 heavy (non-hydrogen) atoms. The number of anilines is 1. The molecule has 0 fully saturated rings. The molecule has 0 unspecified atom stereocenters. The van der Waals surface area contributed by atoms with Crippen LogP contribution in [0.1, 0.15) is 20.0 Å². The number of thiophene rings is 1. The van der Waals surface area contributed by atoms with Crippen molar-refractivity contribution in [3.63, 3.8) is 0 Å². The first-order valence-electron chi connectivity index (χ1n) is 8.04. The highest BCUT2D eigenvalue weighted by molar-refractivity contribution is 7.18. The molecule has 0 saturated carbocycles. The van der Waals surface area contributed by atoms with Gasteiger partial charge in [-0.1, -0.05) is 6.07 Å². The monoisotopic (exact) mass is 443 g/mol. The second-order valence-corrected chi connectivity index (χ2v) is 6.83. The van der Waals surface area contributed by atoms with Crippen LogP contribution in [0.2, 0.25) is 0 Å². The first kappa shape index (κ1) is 21.2. The van der Waals surface area contributed by atoms with Gasteiger partial charge in [0.2, 0.25) is 0 Å². The molecular weight excluding hydrogens is 433 g/mol. The van der Waals surface area contributed by atoms with Crippen LogP contribution in [0.4, 0.5) is 27.6 Å². The minimum atomic E-state index is -4.86. The van der Waals surface area contributed by atoms with Gasteiger partial charge >= 0.3 is 12.3 Å². The number of amides is 1. The van der Waals surface area contributed by atoms with E-state index >= 15 is 0 Å². The molecular formula is C19H10F5NO4S. The van der Waals surface area contributed by atoms with E-state index in [0.29, 0.717) is 5.56 Å². The largest absolute Gasteiger partial charge is 0.573 e. The Morgan fingerprint density at radius 3 is 2.13 bits per heavy atom. The summed E-state index contributed by atoms with van der Waals surface area (Å²) in [4.78, 5) is 23.7. The molecule has 0 bridgehead atoms. The van der Waals surface area contributed by atoms with Crippen molar-refractivity contribution in [1.29, 1.82) is 0 Å². The number of nitrogens with one attached hydrogen (secondary N) is 1. The Bertz CT molecular complexity index is 1090. The molecule has 2 aromatic carbocycles. The molecule has 11 heteroatoms. The number of ether oxygens (including phenoxy) is 1. The molecule has 0 aliphatic rings. The maximum atomic E-state index is 13.8. The van der Waals surface area contributed by atoms with E-state index in [2.05, 4.69) is 10.1 Å². The molecule has 3 rings (SSSR count). The lowest BCUT2D eigenvalue weighted by Crippen LogP contribution is -2.17. The third-order valence-corrected chi connectivity index (χ3v) is 4.91. The van der Waals surface area contributed by atoms with Crippen LogP contribution in [0.25, 0.3) is 10.4 Å². The average molecular weight is 443 g/mol. The highest BCUT2D eigenvalue weighted by Crippen LogP contribution is 2.36. The topological polar surface area (TPSA) is 75.6 Å². The molecule has 156 valence electrons. The number of benzene rings is 2. The number of alkyl halides is 3. The first-order chi connectivity index (χ1) is 14.0. The third kappa shape index (κ3) is 4.74. The fourth-order valence-corrected chi connectivity index (χ4v) is 3.46. The van der Waals surface area contributed by atoms with E-state index in [4.69, 9.17) is 0 Å². The molecule has 0 atom stereocenters. The van der Waals surface area contributed by atoms with Crippen molar-refractivity contribution in [2.75, 3.05) is 5.32 Å². The predicted molar refractivity (Wildman–Crippen MR) is 97.7 cm³/mol. The molecule has 0 saturated heterocycles. The number of carbonyl (C=O) groups excluding carboxylic acids is 1. The van der Waals surface area contributed by atoms with Crippen LogP contribution in [0, 0.1) is 11.6 Å². The Morgan fingerprint density at radius 1 is 1.00 bits per heavy atom. The molecule has 0 spiro atoms. The number of carbonyl (C=O) groups is 2. The number of carboxylic acids is 1. The number of carboxylic acid groups (broad SMARTS) is 1. The summed E-state index contributed by atoms with van der Waals surface area (Å²) >= 11 is 0.720. The van der Waals surface area contributed by atoms with E-state index in [1.54, 1.807) is 0 Å². The number of hydrogen-bond acceptors (Lipinski definition) is 4. The second kappa shape index (κ2) is 8.11. The summed E-state index contributed by atoms with van der Waals surface area (Å²) in [6.07, 6.45) is -4.86. The van der Waals surface area contributed by atoms with Crippen LogP contribution >= 0.6 is 11.3 Å². The standard InChI is InChI=1S/C19H10F5NO4S/c20-11-2-1-3-12(21)15(11)17(26)25-13-8-14(30-16(13)18(27)28)9-4-6-10(7-5-9)29-19(22,23)24/h1-8H,(H,25,26)(H,27,28). The number of hydrogen-bond donors (Lipinski definition) is 2. The maximum Gasteiger partial charge on any atom is 0.573 e. The van der Waals surface area contributed by atoms with Crippen molar-refractivity contribution < 1.29 is 41.4 Å². The second-order valence-electron chi connectivity index (χ2n) is 5.78. The van der Waals surface area contributed by atoms with Gasteiger partial charge in [0.05, 0.1) is 5.69 Å². The summed E-state index contributed by atoms with van der Waals surface area (Å²) in [5.74, 6) is -5.32. The SMILES string of the molecule is O=C(O)c1sc(-c2ccc(OC(F)(F)F)cc2)cc1NC(=O)c1c(F)cccc1F. The van der Waals surface area contributed by atoms with Gasteiger partial charge in [0.1, 0.15) is 27.8 Å². The van der Waals surface area contributed by atoms with Gasteiger partial charge < -0.3 is 15.2 Å². The normalized spacial score (nSPS) is 11.2. The molecule has 2 N–H and O–H groups in total. The van der Waals surface area contributed by atoms with Gasteiger partial charge in [-0.3, -0.25) is 4.79 Å². The van der Waals surface area contributed by atoms with Gasteiger partial charge in [0, 0.05) is 4.88 Å². The lowest BCUT2D eigenvalue weighted by atomic mass is 10.1. The molecule has 1 amide bonds. The third-order valence-electron chi connectivity index (χ3n) is 3.74. The highest BCUT2D eigenvalue weighted by atomic mass is 32.1. The van der Waals surface area contributed by atoms with Crippen molar-refractivity contribution in [2.45, 2.75) is 6.36 Å². The Morgan fingerprint density at radius 2 is 1.60 bits per heavy atom. The minimum Gasteiger partial charge on any atom is -0.477 e. The number of halogens is 5. The van der Waals surface area contributed by atoms with Crippen molar-refractivity contribution in [3.05, 3.63) is 70.6 Å². The van der Waals surface area contributed by atoms with E-state index in [0.717, 1.165) is 41.7 Å². The van der Waals surface area contributed by atoms with E-state index in [1.165, 1.54) is 18.2 Å². The average Bonchev–Trinajstić information content (AvgIpc) is 3.05. The van der Waals surface area contributed by atoms with Crippen molar-refractivity contribution >= 4 is 28.9 Å². The van der Waals surface area contributed by atoms with Crippen LogP contribution in [0.3, 0.4) is 0 Å². The van der Waals surface area contributed by atoms with E-state index in [-0.39, 0.29) is 15.4 Å². The molecule has 5 nitrogen and oxygen atoms in total. The number of rotatable bonds is 5. The lowest BCUT2D eigenvalue weighted by molar-refractivity contribution is -0.274. The van der Waals surface area contributed by atoms with Gasteiger partial charge in [-0.2, -0.15) is 0 Å². The Balaban J connectivity index is 1.90. The van der Waals surface area contributed by atoms with Crippen LogP contribution in [-0.2, 0) is 0 Å². The summed E-state index contributed by atoms with van der Waals surface area (Å²) in [6, 6.07) is 8.66. The fraction of sp³-hybridized carbons (Fsp3) is 0.0526. The summed E-state index contributed by atoms with van der Waals surface area (Å²) < 4.78 is 68.1. The van der Waals surface area contributed by atoms with Crippen LogP contribution in [0.15, 0.2) is 48.5 Å². The maximum absolute atomic E-state index is 13.8. The zero-order valence-corrected chi connectivity index (χ0v) is 15.4. The highest BCUT2D eigenvalue weighted by Gasteiger charge is 2.31. The fourth-order valence-electron chi connectivity index (χ4n) is 2.51. The van der Waals surface area contributed by atoms with Crippen LogP contribution in [0.5, 0.6) is 5.75 Å². The van der Waals surface area contributed by atoms with Crippen molar-refractivity contribution in [2.24, 2.45) is 0 Å². The predicted octanol–water partition coefficient (Wildman–Crippen LogP) is 5.54. The van der Waals surface area contributed by atoms with Gasteiger partial charge in [0.25, 0.3) is 5.91 Å².